The maximum Gasteiger partial charge on any atom is 0.253 e. The van der Waals surface area contributed by atoms with Gasteiger partial charge in [0.2, 0.25) is 5.91 Å². The summed E-state index contributed by atoms with van der Waals surface area (Å²) in [6.07, 6.45) is 0. The van der Waals surface area contributed by atoms with Crippen LogP contribution in [0.5, 0.6) is 0 Å². The summed E-state index contributed by atoms with van der Waals surface area (Å²) in [4.78, 5) is 27.7. The van der Waals surface area contributed by atoms with Crippen LogP contribution < -0.4 is 16.0 Å². The van der Waals surface area contributed by atoms with Crippen molar-refractivity contribution in [2.24, 2.45) is 0 Å². The maximum atomic E-state index is 12.3. The van der Waals surface area contributed by atoms with Crippen molar-refractivity contribution in [3.05, 3.63) is 23.8 Å². The number of amides is 2. The lowest BCUT2D eigenvalue weighted by atomic mass is 10.1. The molecule has 0 aromatic heterocycles. The molecule has 0 atom stereocenters. The highest BCUT2D eigenvalue weighted by atomic mass is 16.2. The highest BCUT2D eigenvalue weighted by molar-refractivity contribution is 6.02. The SMILES string of the molecule is CCN(CC)C(=O)CNC(=O)c1cc(N)ccc1N(C)C. The van der Waals surface area contributed by atoms with Crippen LogP contribution in [0.15, 0.2) is 18.2 Å². The third kappa shape index (κ3) is 4.37. The van der Waals surface area contributed by atoms with Crippen LogP contribution in [0.4, 0.5) is 11.4 Å². The minimum atomic E-state index is -0.300. The zero-order chi connectivity index (χ0) is 16.0. The Hall–Kier alpha value is -2.24. The predicted octanol–water partition coefficient (Wildman–Crippen LogP) is 0.933. The maximum absolute atomic E-state index is 12.3. The highest BCUT2D eigenvalue weighted by Crippen LogP contribution is 2.21. The molecule has 6 nitrogen and oxygen atoms in total. The van der Waals surface area contributed by atoms with Crippen molar-refractivity contribution in [2.45, 2.75) is 13.8 Å². The van der Waals surface area contributed by atoms with Crippen LogP contribution in [-0.2, 0) is 4.79 Å². The summed E-state index contributed by atoms with van der Waals surface area (Å²) in [6, 6.07) is 5.15. The van der Waals surface area contributed by atoms with Gasteiger partial charge in [-0.05, 0) is 32.0 Å². The molecule has 0 fully saturated rings. The smallest absolute Gasteiger partial charge is 0.253 e. The number of carbonyl (C=O) groups excluding carboxylic acids is 2. The Morgan fingerprint density at radius 2 is 1.81 bits per heavy atom. The lowest BCUT2D eigenvalue weighted by molar-refractivity contribution is -0.129. The van der Waals surface area contributed by atoms with Gasteiger partial charge in [-0.1, -0.05) is 0 Å². The van der Waals surface area contributed by atoms with Gasteiger partial charge in [-0.2, -0.15) is 0 Å². The molecule has 1 aromatic carbocycles. The fourth-order valence-corrected chi connectivity index (χ4v) is 2.06. The first kappa shape index (κ1) is 16.8. The number of benzene rings is 1. The number of carbonyl (C=O) groups is 2. The summed E-state index contributed by atoms with van der Waals surface area (Å²) in [5, 5.41) is 2.66. The number of nitrogens with one attached hydrogen (secondary N) is 1. The lowest BCUT2D eigenvalue weighted by Crippen LogP contribution is -2.40. The van der Waals surface area contributed by atoms with Crippen molar-refractivity contribution >= 4 is 23.2 Å². The van der Waals surface area contributed by atoms with E-state index in [2.05, 4.69) is 5.32 Å². The number of rotatable bonds is 6. The third-order valence-electron chi connectivity index (χ3n) is 3.26. The summed E-state index contributed by atoms with van der Waals surface area (Å²) in [5.74, 6) is -0.393. The number of hydrogen-bond acceptors (Lipinski definition) is 4. The molecule has 2 amide bonds. The van der Waals surface area contributed by atoms with E-state index in [9.17, 15) is 9.59 Å². The van der Waals surface area contributed by atoms with Crippen molar-refractivity contribution in [3.63, 3.8) is 0 Å². The van der Waals surface area contributed by atoms with E-state index in [-0.39, 0.29) is 18.4 Å². The molecule has 1 aromatic rings. The molecule has 1 rings (SSSR count). The van der Waals surface area contributed by atoms with Gasteiger partial charge in [-0.25, -0.2) is 0 Å². The van der Waals surface area contributed by atoms with E-state index < -0.39 is 0 Å². The molecule has 0 spiro atoms. The van der Waals surface area contributed by atoms with Gasteiger partial charge < -0.3 is 20.9 Å². The summed E-state index contributed by atoms with van der Waals surface area (Å²) in [5.41, 5.74) is 7.48. The Morgan fingerprint density at radius 3 is 2.33 bits per heavy atom. The van der Waals surface area contributed by atoms with Crippen LogP contribution in [0.3, 0.4) is 0 Å². The van der Waals surface area contributed by atoms with Gasteiger partial charge in [-0.3, -0.25) is 9.59 Å². The van der Waals surface area contributed by atoms with Gasteiger partial charge in [0.1, 0.15) is 0 Å². The molecule has 0 aliphatic heterocycles. The number of anilines is 2. The summed E-state index contributed by atoms with van der Waals surface area (Å²) in [7, 11) is 3.70. The molecule has 3 N–H and O–H groups in total. The van der Waals surface area contributed by atoms with Gasteiger partial charge in [0.05, 0.1) is 12.1 Å². The fraction of sp³-hybridized carbons (Fsp3) is 0.467. The van der Waals surface area contributed by atoms with E-state index in [1.165, 1.54) is 0 Å². The van der Waals surface area contributed by atoms with Crippen molar-refractivity contribution in [1.29, 1.82) is 0 Å². The van der Waals surface area contributed by atoms with Crippen LogP contribution in [-0.4, -0.2) is 50.4 Å². The van der Waals surface area contributed by atoms with Crippen LogP contribution >= 0.6 is 0 Å². The molecule has 0 saturated heterocycles. The first-order valence-electron chi connectivity index (χ1n) is 7.03. The van der Waals surface area contributed by atoms with E-state index in [0.29, 0.717) is 24.3 Å². The van der Waals surface area contributed by atoms with Crippen molar-refractivity contribution in [3.8, 4) is 0 Å². The average Bonchev–Trinajstić information content (AvgIpc) is 2.45. The Balaban J connectivity index is 2.81. The number of hydrogen-bond donors (Lipinski definition) is 2. The van der Waals surface area contributed by atoms with Gasteiger partial charge in [0, 0.05) is 38.6 Å². The first-order chi connectivity index (χ1) is 9.90. The van der Waals surface area contributed by atoms with Gasteiger partial charge in [-0.15, -0.1) is 0 Å². The Labute approximate surface area is 125 Å². The number of nitrogens with two attached hydrogens (primary N) is 1. The summed E-state index contributed by atoms with van der Waals surface area (Å²) >= 11 is 0. The molecular weight excluding hydrogens is 268 g/mol. The Kier molecular flexibility index (Phi) is 6.02. The molecular formula is C15H24N4O2. The van der Waals surface area contributed by atoms with Gasteiger partial charge >= 0.3 is 0 Å². The minimum absolute atomic E-state index is 0.0117. The quantitative estimate of drug-likeness (QED) is 0.765. The van der Waals surface area contributed by atoms with E-state index in [1.807, 2.05) is 32.8 Å². The Bertz CT molecular complexity index is 510. The lowest BCUT2D eigenvalue weighted by Gasteiger charge is -2.20. The van der Waals surface area contributed by atoms with Crippen molar-refractivity contribution in [2.75, 3.05) is 44.4 Å². The zero-order valence-electron chi connectivity index (χ0n) is 13.1. The first-order valence-corrected chi connectivity index (χ1v) is 7.03. The normalized spacial score (nSPS) is 10.1. The molecule has 0 unspecified atom stereocenters. The molecule has 0 aliphatic rings. The number of likely N-dealkylation sites (N-methyl/N-ethyl adjacent to an activating group) is 1. The molecule has 0 bridgehead atoms. The largest absolute Gasteiger partial charge is 0.399 e. The highest BCUT2D eigenvalue weighted by Gasteiger charge is 2.16. The fourth-order valence-electron chi connectivity index (χ4n) is 2.06. The van der Waals surface area contributed by atoms with Crippen LogP contribution in [0.25, 0.3) is 0 Å². The van der Waals surface area contributed by atoms with Crippen LogP contribution in [0.2, 0.25) is 0 Å². The molecule has 6 heteroatoms. The number of nitrogen functional groups attached to an aromatic ring is 1. The van der Waals surface area contributed by atoms with Crippen molar-refractivity contribution in [1.82, 2.24) is 10.2 Å². The third-order valence-corrected chi connectivity index (χ3v) is 3.26. The van der Waals surface area contributed by atoms with E-state index in [4.69, 9.17) is 5.73 Å². The van der Waals surface area contributed by atoms with Gasteiger partial charge in [0.15, 0.2) is 0 Å². The number of nitrogens with zero attached hydrogens (tertiary/aromatic N) is 2. The molecule has 0 radical (unpaired) electrons. The van der Waals surface area contributed by atoms with E-state index >= 15 is 0 Å². The predicted molar refractivity (Wildman–Crippen MR) is 85.4 cm³/mol. The molecule has 21 heavy (non-hydrogen) atoms. The second-order valence-corrected chi connectivity index (χ2v) is 4.92. The topological polar surface area (TPSA) is 78.7 Å². The van der Waals surface area contributed by atoms with Crippen LogP contribution in [0.1, 0.15) is 24.2 Å². The monoisotopic (exact) mass is 292 g/mol. The standard InChI is InChI=1S/C15H24N4O2/c1-5-19(6-2)14(20)10-17-15(21)12-9-11(16)7-8-13(12)18(3)4/h7-9H,5-6,10,16H2,1-4H3,(H,17,21). The average molecular weight is 292 g/mol. The second kappa shape index (κ2) is 7.52. The van der Waals surface area contributed by atoms with E-state index in [1.54, 1.807) is 23.1 Å². The zero-order valence-corrected chi connectivity index (χ0v) is 13.1. The molecule has 0 saturated carbocycles. The molecule has 116 valence electrons. The summed E-state index contributed by atoms with van der Waals surface area (Å²) in [6.45, 7) is 5.07. The molecule has 0 aliphatic carbocycles. The second-order valence-electron chi connectivity index (χ2n) is 4.92. The van der Waals surface area contributed by atoms with Crippen LogP contribution in [0, 0.1) is 0 Å². The summed E-state index contributed by atoms with van der Waals surface area (Å²) < 4.78 is 0. The van der Waals surface area contributed by atoms with E-state index in [0.717, 1.165) is 5.69 Å². The van der Waals surface area contributed by atoms with Gasteiger partial charge in [0.25, 0.3) is 5.91 Å². The molecule has 0 heterocycles. The minimum Gasteiger partial charge on any atom is -0.399 e. The Morgan fingerprint density at radius 1 is 1.19 bits per heavy atom. The van der Waals surface area contributed by atoms with Crippen molar-refractivity contribution < 1.29 is 9.59 Å².